The Bertz CT molecular complexity index is 1860. The molecule has 0 heterocycles. The van der Waals surface area contributed by atoms with Crippen molar-refractivity contribution >= 4 is 58.8 Å². The maximum absolute atomic E-state index is 9.67. The molecule has 1 atom stereocenters. The summed E-state index contributed by atoms with van der Waals surface area (Å²) >= 11 is -3.98. The van der Waals surface area contributed by atoms with Crippen LogP contribution >= 0.6 is 20.9 Å². The van der Waals surface area contributed by atoms with E-state index in [1.807, 2.05) is 0 Å². The number of allylic oxidation sites excluding steroid dienone is 1. The number of hydrogen-bond donors (Lipinski definition) is 0. The SMILES string of the molecule is [Cl][Ru]([CH]1C=Cc2ccccc21)([PH](c1ccccc1)(c1ccccc1)c1ccccc1)[PH](c1ccccc1)(c1ccccc1)c1ccccc1. The van der Waals surface area contributed by atoms with E-state index in [1.165, 1.54) is 43.0 Å². The van der Waals surface area contributed by atoms with E-state index < -0.39 is 24.0 Å². The molecule has 0 nitrogen and oxygen atoms in total. The van der Waals surface area contributed by atoms with Crippen LogP contribution < -0.4 is 31.8 Å². The molecular formula is C45H39ClP2Ru. The summed E-state index contributed by atoms with van der Waals surface area (Å²) in [5.74, 6) is 0. The van der Waals surface area contributed by atoms with Crippen molar-refractivity contribution in [2.75, 3.05) is 0 Å². The van der Waals surface area contributed by atoms with Gasteiger partial charge in [-0.1, -0.05) is 0 Å². The predicted octanol–water partition coefficient (Wildman–Crippen LogP) is 9.35. The van der Waals surface area contributed by atoms with Gasteiger partial charge in [-0.15, -0.1) is 0 Å². The van der Waals surface area contributed by atoms with Gasteiger partial charge < -0.3 is 0 Å². The van der Waals surface area contributed by atoms with Gasteiger partial charge in [-0.2, -0.15) is 0 Å². The fraction of sp³-hybridized carbons (Fsp3) is 0.0222. The summed E-state index contributed by atoms with van der Waals surface area (Å²) in [7, 11) is 9.67. The molecule has 0 radical (unpaired) electrons. The molecule has 1 aliphatic rings. The van der Waals surface area contributed by atoms with Crippen molar-refractivity contribution in [1.29, 1.82) is 0 Å². The Hall–Kier alpha value is -3.95. The van der Waals surface area contributed by atoms with Crippen molar-refractivity contribution in [2.24, 2.45) is 0 Å². The topological polar surface area (TPSA) is 0 Å². The molecule has 0 saturated heterocycles. The Kier molecular flexibility index (Phi) is 9.06. The van der Waals surface area contributed by atoms with Gasteiger partial charge >= 0.3 is 300 Å². The average molecular weight is 778 g/mol. The second kappa shape index (κ2) is 13.8. The van der Waals surface area contributed by atoms with Crippen molar-refractivity contribution in [2.45, 2.75) is 4.51 Å². The van der Waals surface area contributed by atoms with Gasteiger partial charge in [0, 0.05) is 0 Å². The number of rotatable bonds is 9. The molecule has 244 valence electrons. The predicted molar refractivity (Wildman–Crippen MR) is 217 cm³/mol. The third-order valence-corrected chi connectivity index (χ3v) is 60.9. The van der Waals surface area contributed by atoms with Crippen LogP contribution in [0.25, 0.3) is 6.08 Å². The van der Waals surface area contributed by atoms with Gasteiger partial charge in [-0.25, -0.2) is 0 Å². The van der Waals surface area contributed by atoms with Crippen molar-refractivity contribution < 1.29 is 12.8 Å². The minimum absolute atomic E-state index is 0.0635. The molecule has 7 aromatic rings. The van der Waals surface area contributed by atoms with Crippen molar-refractivity contribution in [3.05, 3.63) is 223 Å². The van der Waals surface area contributed by atoms with Crippen LogP contribution in [0.15, 0.2) is 212 Å². The third kappa shape index (κ3) is 5.06. The summed E-state index contributed by atoms with van der Waals surface area (Å²) in [5.41, 5.74) is -3.65. The van der Waals surface area contributed by atoms with Gasteiger partial charge in [0.15, 0.2) is 0 Å². The normalized spacial score (nSPS) is 16.6. The van der Waals surface area contributed by atoms with Crippen LogP contribution in [-0.2, 0) is 12.8 Å². The van der Waals surface area contributed by atoms with Crippen molar-refractivity contribution in [3.63, 3.8) is 0 Å². The zero-order chi connectivity index (χ0) is 33.2. The van der Waals surface area contributed by atoms with E-state index in [2.05, 4.69) is 218 Å². The molecule has 0 aromatic heterocycles. The first kappa shape index (κ1) is 32.3. The zero-order valence-corrected chi connectivity index (χ0v) is 31.6. The van der Waals surface area contributed by atoms with Crippen LogP contribution in [0.5, 0.6) is 0 Å². The Morgan fingerprint density at radius 3 is 0.918 bits per heavy atom. The Balaban J connectivity index is 1.68. The Labute approximate surface area is 297 Å². The van der Waals surface area contributed by atoms with E-state index in [1.54, 1.807) is 0 Å². The van der Waals surface area contributed by atoms with E-state index in [9.17, 15) is 9.69 Å². The van der Waals surface area contributed by atoms with Crippen molar-refractivity contribution in [3.8, 4) is 0 Å². The monoisotopic (exact) mass is 778 g/mol. The molecule has 1 unspecified atom stereocenters. The third-order valence-electron chi connectivity index (χ3n) is 9.79. The van der Waals surface area contributed by atoms with Crippen LogP contribution in [0.3, 0.4) is 0 Å². The van der Waals surface area contributed by atoms with Crippen LogP contribution in [0, 0.1) is 0 Å². The Morgan fingerprint density at radius 1 is 0.347 bits per heavy atom. The summed E-state index contributed by atoms with van der Waals surface area (Å²) in [5, 5.41) is 8.29. The van der Waals surface area contributed by atoms with Gasteiger partial charge in [-0.05, 0) is 0 Å². The second-order valence-electron chi connectivity index (χ2n) is 12.4. The summed E-state index contributed by atoms with van der Waals surface area (Å²) in [6.45, 7) is 0. The second-order valence-corrected chi connectivity index (χ2v) is 43.6. The standard InChI is InChI=1S/2C18H15P.C9H7.ClH.Ru/c2*1-4-10-16(11-5-1)19(17-12-6-2-7-13-17)18-14-8-3-9-15-18;1-2-5-9-7-3-6-8(9)4-1;;/h2*1-15H;1-7H;1H;/q;;;;-1/p+1. The van der Waals surface area contributed by atoms with Crippen LogP contribution in [-0.4, -0.2) is 0 Å². The quantitative estimate of drug-likeness (QED) is 0.101. The van der Waals surface area contributed by atoms with E-state index in [0.717, 1.165) is 0 Å². The number of benzene rings is 7. The molecule has 0 saturated carbocycles. The molecule has 1 aliphatic carbocycles. The molecule has 0 spiro atoms. The fourth-order valence-electron chi connectivity index (χ4n) is 7.84. The Morgan fingerprint density at radius 2 is 0.612 bits per heavy atom. The van der Waals surface area contributed by atoms with Crippen LogP contribution in [0.1, 0.15) is 15.6 Å². The molecular weight excluding hydrogens is 739 g/mol. The maximum atomic E-state index is 9.67. The number of halogens is 1. The van der Waals surface area contributed by atoms with Gasteiger partial charge in [-0.3, -0.25) is 0 Å². The molecule has 4 heteroatoms. The number of fused-ring (bicyclic) bond motifs is 1. The van der Waals surface area contributed by atoms with Crippen molar-refractivity contribution in [1.82, 2.24) is 0 Å². The summed E-state index contributed by atoms with van der Waals surface area (Å²) in [4.78, 5) is 0. The summed E-state index contributed by atoms with van der Waals surface area (Å²) < 4.78 is 0.0635. The number of hydrogen-bond acceptors (Lipinski definition) is 0. The summed E-state index contributed by atoms with van der Waals surface area (Å²) in [6, 6.07) is 77.5. The molecule has 0 N–H and O–H groups in total. The summed E-state index contributed by atoms with van der Waals surface area (Å²) in [6.07, 6.45) is 4.87. The van der Waals surface area contributed by atoms with Gasteiger partial charge in [0.1, 0.15) is 0 Å². The van der Waals surface area contributed by atoms with E-state index in [-0.39, 0.29) is 4.51 Å². The molecule has 0 bridgehead atoms. The first-order valence-electron chi connectivity index (χ1n) is 16.7. The fourth-order valence-corrected chi connectivity index (χ4v) is 73.6. The minimum atomic E-state index is -3.98. The molecule has 0 aliphatic heterocycles. The molecule has 7 aromatic carbocycles. The zero-order valence-electron chi connectivity index (χ0n) is 27.1. The molecule has 0 amide bonds. The first-order chi connectivity index (χ1) is 24.2. The van der Waals surface area contributed by atoms with E-state index in [0.29, 0.717) is 0 Å². The van der Waals surface area contributed by atoms with Gasteiger partial charge in [0.25, 0.3) is 0 Å². The van der Waals surface area contributed by atoms with Crippen LogP contribution in [0.2, 0.25) is 0 Å². The van der Waals surface area contributed by atoms with Crippen LogP contribution in [0.4, 0.5) is 0 Å². The van der Waals surface area contributed by atoms with E-state index >= 15 is 0 Å². The van der Waals surface area contributed by atoms with E-state index in [4.69, 9.17) is 0 Å². The first-order valence-corrected chi connectivity index (χ1v) is 28.9. The van der Waals surface area contributed by atoms with Gasteiger partial charge in [0.2, 0.25) is 0 Å². The average Bonchev–Trinajstić information content (AvgIpc) is 3.63. The molecule has 49 heavy (non-hydrogen) atoms. The van der Waals surface area contributed by atoms with Gasteiger partial charge in [0.05, 0.1) is 0 Å². The molecule has 8 rings (SSSR count). The molecule has 0 fully saturated rings.